The topological polar surface area (TPSA) is 120 Å². The van der Waals surface area contributed by atoms with Crippen molar-refractivity contribution in [2.24, 2.45) is 0 Å². The Morgan fingerprint density at radius 3 is 2.50 bits per heavy atom. The van der Waals surface area contributed by atoms with Crippen LogP contribution in [0.3, 0.4) is 0 Å². The van der Waals surface area contributed by atoms with Crippen LogP contribution in [-0.2, 0) is 4.79 Å². The van der Waals surface area contributed by atoms with Crippen LogP contribution in [0.5, 0.6) is 5.75 Å². The Labute approximate surface area is 151 Å². The SMILES string of the molecule is O=C(COc1ccc([N+](=O)[O-])cc1)Nc1nonc1-c1ccc(Cl)cc1. The normalized spacial score (nSPS) is 10.3. The molecule has 0 atom stereocenters. The maximum Gasteiger partial charge on any atom is 0.269 e. The van der Waals surface area contributed by atoms with E-state index < -0.39 is 10.8 Å². The van der Waals surface area contributed by atoms with Crippen LogP contribution in [0.2, 0.25) is 5.02 Å². The second-order valence-corrected chi connectivity index (χ2v) is 5.49. The first-order valence-corrected chi connectivity index (χ1v) is 7.66. The minimum Gasteiger partial charge on any atom is -0.484 e. The van der Waals surface area contributed by atoms with Gasteiger partial charge in [0.2, 0.25) is 5.82 Å². The molecule has 0 aliphatic carbocycles. The van der Waals surface area contributed by atoms with Crippen molar-refractivity contribution in [3.8, 4) is 17.0 Å². The van der Waals surface area contributed by atoms with Crippen LogP contribution in [0.4, 0.5) is 11.5 Å². The van der Waals surface area contributed by atoms with E-state index in [0.29, 0.717) is 22.0 Å². The highest BCUT2D eigenvalue weighted by molar-refractivity contribution is 6.30. The smallest absolute Gasteiger partial charge is 0.269 e. The molecule has 0 spiro atoms. The van der Waals surface area contributed by atoms with Crippen molar-refractivity contribution >= 4 is 29.0 Å². The van der Waals surface area contributed by atoms with Gasteiger partial charge in [0.15, 0.2) is 12.3 Å². The number of benzene rings is 2. The molecule has 1 heterocycles. The second-order valence-electron chi connectivity index (χ2n) is 5.06. The molecular formula is C16H11ClN4O5. The number of halogens is 1. The molecule has 0 radical (unpaired) electrons. The van der Waals surface area contributed by atoms with E-state index in [2.05, 4.69) is 20.3 Å². The van der Waals surface area contributed by atoms with Crippen LogP contribution in [0.25, 0.3) is 11.3 Å². The van der Waals surface area contributed by atoms with Crippen LogP contribution in [0.1, 0.15) is 0 Å². The van der Waals surface area contributed by atoms with Gasteiger partial charge in [-0.3, -0.25) is 14.9 Å². The molecule has 0 aliphatic heterocycles. The molecule has 0 saturated carbocycles. The van der Waals surface area contributed by atoms with Crippen LogP contribution >= 0.6 is 11.6 Å². The zero-order valence-corrected chi connectivity index (χ0v) is 13.8. The summed E-state index contributed by atoms with van der Waals surface area (Å²) in [7, 11) is 0. The van der Waals surface area contributed by atoms with Gasteiger partial charge >= 0.3 is 0 Å². The van der Waals surface area contributed by atoms with Crippen molar-refractivity contribution in [1.82, 2.24) is 10.3 Å². The van der Waals surface area contributed by atoms with Crippen molar-refractivity contribution < 1.29 is 19.1 Å². The lowest BCUT2D eigenvalue weighted by Crippen LogP contribution is -2.20. The first-order valence-electron chi connectivity index (χ1n) is 7.28. The Bertz CT molecular complexity index is 925. The fourth-order valence-corrected chi connectivity index (χ4v) is 2.17. The maximum absolute atomic E-state index is 12.0. The zero-order chi connectivity index (χ0) is 18.5. The number of anilines is 1. The number of ether oxygens (including phenoxy) is 1. The molecule has 1 N–H and O–H groups in total. The molecule has 2 aromatic carbocycles. The summed E-state index contributed by atoms with van der Waals surface area (Å²) < 4.78 is 9.96. The summed E-state index contributed by atoms with van der Waals surface area (Å²) in [5.74, 6) is -0.0270. The van der Waals surface area contributed by atoms with Crippen molar-refractivity contribution in [2.45, 2.75) is 0 Å². The van der Waals surface area contributed by atoms with Crippen molar-refractivity contribution in [2.75, 3.05) is 11.9 Å². The molecule has 9 nitrogen and oxygen atoms in total. The molecule has 10 heteroatoms. The Balaban J connectivity index is 1.61. The monoisotopic (exact) mass is 374 g/mol. The minimum atomic E-state index is -0.521. The lowest BCUT2D eigenvalue weighted by Gasteiger charge is -2.06. The van der Waals surface area contributed by atoms with Gasteiger partial charge in [0.25, 0.3) is 11.6 Å². The van der Waals surface area contributed by atoms with E-state index in [-0.39, 0.29) is 18.1 Å². The molecule has 3 rings (SSSR count). The Hall–Kier alpha value is -3.46. The van der Waals surface area contributed by atoms with Gasteiger partial charge in [-0.2, -0.15) is 0 Å². The average molecular weight is 375 g/mol. The largest absolute Gasteiger partial charge is 0.484 e. The van der Waals surface area contributed by atoms with E-state index in [1.165, 1.54) is 24.3 Å². The average Bonchev–Trinajstić information content (AvgIpc) is 3.09. The Morgan fingerprint density at radius 2 is 1.85 bits per heavy atom. The van der Waals surface area contributed by atoms with Crippen LogP contribution < -0.4 is 10.1 Å². The van der Waals surface area contributed by atoms with Gasteiger partial charge in [-0.15, -0.1) is 0 Å². The van der Waals surface area contributed by atoms with Gasteiger partial charge in [-0.25, -0.2) is 4.63 Å². The number of rotatable bonds is 6. The highest BCUT2D eigenvalue weighted by atomic mass is 35.5. The van der Waals surface area contributed by atoms with Crippen molar-refractivity contribution in [3.05, 3.63) is 63.7 Å². The number of carbonyl (C=O) groups excluding carboxylic acids is 1. The van der Waals surface area contributed by atoms with Crippen LogP contribution in [0.15, 0.2) is 53.2 Å². The third kappa shape index (κ3) is 4.14. The fraction of sp³-hybridized carbons (Fsp3) is 0.0625. The first kappa shape index (κ1) is 17.4. The number of hydrogen-bond acceptors (Lipinski definition) is 7. The minimum absolute atomic E-state index is 0.0666. The Morgan fingerprint density at radius 1 is 1.15 bits per heavy atom. The molecule has 132 valence electrons. The summed E-state index contributed by atoms with van der Waals surface area (Å²) in [6.07, 6.45) is 0. The maximum atomic E-state index is 12.0. The molecule has 26 heavy (non-hydrogen) atoms. The Kier molecular flexibility index (Phi) is 5.09. The summed E-state index contributed by atoms with van der Waals surface area (Å²) in [4.78, 5) is 22.1. The third-order valence-corrected chi connectivity index (χ3v) is 3.53. The fourth-order valence-electron chi connectivity index (χ4n) is 2.05. The number of nitrogens with one attached hydrogen (secondary N) is 1. The van der Waals surface area contributed by atoms with E-state index in [0.717, 1.165) is 0 Å². The second kappa shape index (κ2) is 7.62. The molecule has 1 aromatic heterocycles. The number of aromatic nitrogens is 2. The van der Waals surface area contributed by atoms with Gasteiger partial charge in [0.05, 0.1) is 4.92 Å². The van der Waals surface area contributed by atoms with Gasteiger partial charge in [-0.1, -0.05) is 23.7 Å². The van der Waals surface area contributed by atoms with Crippen molar-refractivity contribution in [1.29, 1.82) is 0 Å². The number of nitrogens with zero attached hydrogens (tertiary/aromatic N) is 3. The summed E-state index contributed by atoms with van der Waals surface area (Å²) in [5, 5.41) is 21.1. The van der Waals surface area contributed by atoms with Crippen LogP contribution in [-0.4, -0.2) is 27.8 Å². The van der Waals surface area contributed by atoms with Gasteiger partial charge in [-0.05, 0) is 34.6 Å². The quantitative estimate of drug-likeness (QED) is 0.519. The molecule has 0 aliphatic rings. The lowest BCUT2D eigenvalue weighted by molar-refractivity contribution is -0.384. The standard InChI is InChI=1S/C16H11ClN4O5/c17-11-3-1-10(2-4-11)15-16(20-26-19-15)18-14(22)9-25-13-7-5-12(6-8-13)21(23)24/h1-8H,9H2,(H,18,20,22). The highest BCUT2D eigenvalue weighted by Crippen LogP contribution is 2.25. The van der Waals surface area contributed by atoms with E-state index in [4.69, 9.17) is 16.3 Å². The molecular weight excluding hydrogens is 364 g/mol. The number of nitro benzene ring substituents is 1. The number of amides is 1. The molecule has 0 bridgehead atoms. The summed E-state index contributed by atoms with van der Waals surface area (Å²) >= 11 is 5.84. The molecule has 0 saturated heterocycles. The van der Waals surface area contributed by atoms with E-state index in [1.807, 2.05) is 0 Å². The molecule has 3 aromatic rings. The number of hydrogen-bond donors (Lipinski definition) is 1. The molecule has 0 fully saturated rings. The predicted octanol–water partition coefficient (Wildman–Crippen LogP) is 3.32. The van der Waals surface area contributed by atoms with Gasteiger partial charge in [0, 0.05) is 22.7 Å². The van der Waals surface area contributed by atoms with Crippen molar-refractivity contribution in [3.63, 3.8) is 0 Å². The number of carbonyl (C=O) groups is 1. The number of nitro groups is 1. The summed E-state index contributed by atoms with van der Waals surface area (Å²) in [5.41, 5.74) is 0.954. The molecule has 0 unspecified atom stereocenters. The first-order chi connectivity index (χ1) is 12.5. The molecule has 1 amide bonds. The van der Waals surface area contributed by atoms with Gasteiger partial charge in [0.1, 0.15) is 5.75 Å². The van der Waals surface area contributed by atoms with E-state index in [9.17, 15) is 14.9 Å². The summed E-state index contributed by atoms with van der Waals surface area (Å²) in [6.45, 7) is -0.315. The van der Waals surface area contributed by atoms with E-state index in [1.54, 1.807) is 24.3 Å². The highest BCUT2D eigenvalue weighted by Gasteiger charge is 2.15. The van der Waals surface area contributed by atoms with Gasteiger partial charge < -0.3 is 10.1 Å². The lowest BCUT2D eigenvalue weighted by atomic mass is 10.1. The number of non-ortho nitro benzene ring substituents is 1. The third-order valence-electron chi connectivity index (χ3n) is 3.28. The van der Waals surface area contributed by atoms with Crippen LogP contribution in [0, 0.1) is 10.1 Å². The predicted molar refractivity (Wildman–Crippen MR) is 92.0 cm³/mol. The summed E-state index contributed by atoms with van der Waals surface area (Å²) in [6, 6.07) is 12.2. The van der Waals surface area contributed by atoms with E-state index >= 15 is 0 Å². The zero-order valence-electron chi connectivity index (χ0n) is 13.1.